The number of ether oxygens (including phenoxy) is 1. The lowest BCUT2D eigenvalue weighted by molar-refractivity contribution is -0.127. The monoisotopic (exact) mass is 402 g/mol. The Kier molecular flexibility index (Phi) is 5.82. The average molecular weight is 402 g/mol. The lowest BCUT2D eigenvalue weighted by Gasteiger charge is -2.35. The van der Waals surface area contributed by atoms with E-state index in [0.29, 0.717) is 49.3 Å². The van der Waals surface area contributed by atoms with Crippen LogP contribution in [0, 0.1) is 17.7 Å². The van der Waals surface area contributed by atoms with Gasteiger partial charge in [0.15, 0.2) is 0 Å². The molecule has 0 radical (unpaired) electrons. The minimum Gasteiger partial charge on any atom is -0.488 e. The van der Waals surface area contributed by atoms with Crippen LogP contribution in [0.15, 0.2) is 53.7 Å². The van der Waals surface area contributed by atoms with Crippen molar-refractivity contribution in [2.45, 2.75) is 30.1 Å². The van der Waals surface area contributed by atoms with Gasteiger partial charge in [-0.1, -0.05) is 17.8 Å². The molecule has 2 heterocycles. The topological polar surface area (TPSA) is 62.7 Å². The number of thioether (sulfide) groups is 1. The van der Waals surface area contributed by atoms with Crippen molar-refractivity contribution in [3.63, 3.8) is 0 Å². The molecule has 2 aliphatic rings. The average Bonchev–Trinajstić information content (AvgIpc) is 3.12. The lowest BCUT2D eigenvalue weighted by Crippen LogP contribution is -2.42. The summed E-state index contributed by atoms with van der Waals surface area (Å²) in [5.74, 6) is 1.33. The minimum atomic E-state index is -0.579. The molecule has 1 aliphatic carbocycles. The van der Waals surface area contributed by atoms with Crippen LogP contribution in [-0.2, 0) is 4.79 Å². The van der Waals surface area contributed by atoms with Gasteiger partial charge in [0.25, 0.3) is 0 Å². The fourth-order valence-electron chi connectivity index (χ4n) is 4.07. The molecule has 1 aromatic heterocycles. The van der Waals surface area contributed by atoms with Crippen LogP contribution in [0.2, 0.25) is 0 Å². The highest BCUT2D eigenvalue weighted by molar-refractivity contribution is 7.99. The maximum absolute atomic E-state index is 13.1. The highest BCUT2D eigenvalue weighted by Gasteiger charge is 2.43. The summed E-state index contributed by atoms with van der Waals surface area (Å²) >= 11 is 1.45. The summed E-state index contributed by atoms with van der Waals surface area (Å²) in [6, 6.07) is 11.5. The Hall–Kier alpha value is -2.12. The van der Waals surface area contributed by atoms with Gasteiger partial charge in [-0.15, -0.1) is 0 Å². The molecule has 1 amide bonds. The Labute approximate surface area is 167 Å². The van der Waals surface area contributed by atoms with E-state index in [1.165, 1.54) is 23.9 Å². The van der Waals surface area contributed by atoms with Crippen LogP contribution in [0.4, 0.5) is 4.39 Å². The molecular weight excluding hydrogens is 379 g/mol. The first-order valence-electron chi connectivity index (χ1n) is 9.50. The molecule has 0 spiro atoms. The van der Waals surface area contributed by atoms with E-state index in [2.05, 4.69) is 4.98 Å². The first kappa shape index (κ1) is 19.2. The van der Waals surface area contributed by atoms with Gasteiger partial charge in [0.1, 0.15) is 17.7 Å². The number of hydrogen-bond acceptors (Lipinski definition) is 5. The molecule has 1 N–H and O–H groups in total. The summed E-state index contributed by atoms with van der Waals surface area (Å²) in [5, 5.41) is 11.3. The number of hydrogen-bond donors (Lipinski definition) is 1. The Bertz CT molecular complexity index is 805. The molecule has 0 bridgehead atoms. The van der Waals surface area contributed by atoms with Crippen molar-refractivity contribution >= 4 is 17.7 Å². The number of aromatic nitrogens is 1. The molecule has 4 atom stereocenters. The molecular formula is C21H23FN2O3S. The van der Waals surface area contributed by atoms with Gasteiger partial charge in [-0.05, 0) is 61.1 Å². The molecule has 0 unspecified atom stereocenters. The number of likely N-dealkylation sites (tertiary alicyclic amines) is 1. The molecule has 4 rings (SSSR count). The molecule has 148 valence electrons. The molecule has 1 aromatic carbocycles. The zero-order valence-electron chi connectivity index (χ0n) is 15.4. The molecule has 1 saturated carbocycles. The minimum absolute atomic E-state index is 0.107. The number of carbonyl (C=O) groups is 1. The Morgan fingerprint density at radius 2 is 1.93 bits per heavy atom. The van der Waals surface area contributed by atoms with E-state index >= 15 is 0 Å². The SMILES string of the molecule is O=C(CSc1ccccn1)N1C[C@H]2C[C@@H](Oc3ccc(F)cc3)[C@H](O)C[C@H]2C1. The van der Waals surface area contributed by atoms with Gasteiger partial charge >= 0.3 is 0 Å². The third kappa shape index (κ3) is 4.47. The highest BCUT2D eigenvalue weighted by Crippen LogP contribution is 2.38. The number of aliphatic hydroxyl groups excluding tert-OH is 1. The highest BCUT2D eigenvalue weighted by atomic mass is 32.2. The van der Waals surface area contributed by atoms with E-state index in [1.54, 1.807) is 18.3 Å². The molecule has 1 aliphatic heterocycles. The van der Waals surface area contributed by atoms with E-state index in [0.717, 1.165) is 5.03 Å². The molecule has 7 heteroatoms. The zero-order valence-corrected chi connectivity index (χ0v) is 16.2. The van der Waals surface area contributed by atoms with Gasteiger partial charge in [0, 0.05) is 19.3 Å². The molecule has 5 nitrogen and oxygen atoms in total. The van der Waals surface area contributed by atoms with Crippen LogP contribution in [0.5, 0.6) is 5.75 Å². The van der Waals surface area contributed by atoms with Gasteiger partial charge in [0.2, 0.25) is 5.91 Å². The number of halogens is 1. The lowest BCUT2D eigenvalue weighted by atomic mass is 9.78. The van der Waals surface area contributed by atoms with Crippen molar-refractivity contribution in [2.75, 3.05) is 18.8 Å². The first-order valence-corrected chi connectivity index (χ1v) is 10.5. The maximum atomic E-state index is 13.1. The number of pyridine rings is 1. The summed E-state index contributed by atoms with van der Waals surface area (Å²) < 4.78 is 19.0. The maximum Gasteiger partial charge on any atom is 0.233 e. The second-order valence-electron chi connectivity index (χ2n) is 7.42. The van der Waals surface area contributed by atoms with E-state index in [4.69, 9.17) is 4.74 Å². The number of nitrogens with zero attached hydrogens (tertiary/aromatic N) is 2. The molecule has 1 saturated heterocycles. The van der Waals surface area contributed by atoms with Crippen LogP contribution in [0.1, 0.15) is 12.8 Å². The smallest absolute Gasteiger partial charge is 0.233 e. The second-order valence-corrected chi connectivity index (χ2v) is 8.42. The van der Waals surface area contributed by atoms with Crippen molar-refractivity contribution in [3.8, 4) is 5.75 Å². The third-order valence-electron chi connectivity index (χ3n) is 5.52. The van der Waals surface area contributed by atoms with Crippen molar-refractivity contribution in [1.29, 1.82) is 0 Å². The fraction of sp³-hybridized carbons (Fsp3) is 0.429. The second kappa shape index (κ2) is 8.49. The number of amides is 1. The first-order chi connectivity index (χ1) is 13.6. The molecule has 2 aromatic rings. The van der Waals surface area contributed by atoms with Gasteiger partial charge in [-0.25, -0.2) is 9.37 Å². The van der Waals surface area contributed by atoms with E-state index in [1.807, 2.05) is 23.1 Å². The van der Waals surface area contributed by atoms with Crippen molar-refractivity contribution in [2.24, 2.45) is 11.8 Å². The number of aliphatic hydroxyl groups is 1. The summed E-state index contributed by atoms with van der Waals surface area (Å²) in [7, 11) is 0. The van der Waals surface area contributed by atoms with Gasteiger partial charge < -0.3 is 14.7 Å². The van der Waals surface area contributed by atoms with Crippen LogP contribution in [-0.4, -0.2) is 51.9 Å². The fourth-order valence-corrected chi connectivity index (χ4v) is 4.83. The normalized spacial score (nSPS) is 26.7. The molecule has 2 fully saturated rings. The Balaban J connectivity index is 1.32. The van der Waals surface area contributed by atoms with E-state index in [-0.39, 0.29) is 17.8 Å². The van der Waals surface area contributed by atoms with Crippen molar-refractivity contribution in [1.82, 2.24) is 9.88 Å². The van der Waals surface area contributed by atoms with Crippen LogP contribution < -0.4 is 4.74 Å². The van der Waals surface area contributed by atoms with E-state index < -0.39 is 6.10 Å². The Morgan fingerprint density at radius 1 is 1.18 bits per heavy atom. The van der Waals surface area contributed by atoms with Gasteiger partial charge in [-0.3, -0.25) is 4.79 Å². The van der Waals surface area contributed by atoms with Crippen LogP contribution >= 0.6 is 11.8 Å². The molecule has 28 heavy (non-hydrogen) atoms. The number of rotatable bonds is 5. The summed E-state index contributed by atoms with van der Waals surface area (Å²) in [6.07, 6.45) is 2.13. The predicted molar refractivity (Wildman–Crippen MR) is 105 cm³/mol. The summed E-state index contributed by atoms with van der Waals surface area (Å²) in [4.78, 5) is 18.7. The standard InChI is InChI=1S/C21H23FN2O3S/c22-16-4-6-17(7-5-16)27-19-10-15-12-24(11-14(15)9-18(19)25)21(26)13-28-20-3-1-2-8-23-20/h1-8,14-15,18-19,25H,9-13H2/t14-,15+,18+,19+/m0/s1. The third-order valence-corrected chi connectivity index (χ3v) is 6.45. The number of carbonyl (C=O) groups excluding carboxylic acids is 1. The zero-order chi connectivity index (χ0) is 19.5. The quantitative estimate of drug-likeness (QED) is 0.779. The number of fused-ring (bicyclic) bond motifs is 1. The van der Waals surface area contributed by atoms with Crippen LogP contribution in [0.3, 0.4) is 0 Å². The summed E-state index contributed by atoms with van der Waals surface area (Å²) in [5.41, 5.74) is 0. The van der Waals surface area contributed by atoms with E-state index in [9.17, 15) is 14.3 Å². The van der Waals surface area contributed by atoms with Crippen LogP contribution in [0.25, 0.3) is 0 Å². The largest absolute Gasteiger partial charge is 0.488 e. The number of benzene rings is 1. The van der Waals surface area contributed by atoms with Gasteiger partial charge in [-0.2, -0.15) is 0 Å². The summed E-state index contributed by atoms with van der Waals surface area (Å²) in [6.45, 7) is 1.38. The van der Waals surface area contributed by atoms with Gasteiger partial charge in [0.05, 0.1) is 16.9 Å². The van der Waals surface area contributed by atoms with Crippen molar-refractivity contribution in [3.05, 3.63) is 54.5 Å². The predicted octanol–water partition coefficient (Wildman–Crippen LogP) is 2.99. The Morgan fingerprint density at radius 3 is 2.64 bits per heavy atom. The van der Waals surface area contributed by atoms with Crippen molar-refractivity contribution < 1.29 is 19.0 Å².